The first-order chi connectivity index (χ1) is 13.8. The van der Waals surface area contributed by atoms with Crippen LogP contribution in [0.1, 0.15) is 41.6 Å². The van der Waals surface area contributed by atoms with Crippen molar-refractivity contribution in [2.45, 2.75) is 45.5 Å². The molecule has 0 radical (unpaired) electrons. The summed E-state index contributed by atoms with van der Waals surface area (Å²) in [5.41, 5.74) is 2.77. The molecule has 0 aliphatic carbocycles. The quantitative estimate of drug-likeness (QED) is 0.263. The third-order valence-corrected chi connectivity index (χ3v) is 5.17. The van der Waals surface area contributed by atoms with Gasteiger partial charge in [0.05, 0.1) is 17.3 Å². The van der Waals surface area contributed by atoms with Gasteiger partial charge in [-0.1, -0.05) is 38.1 Å². The Morgan fingerprint density at radius 1 is 1.17 bits per heavy atom. The van der Waals surface area contributed by atoms with E-state index in [9.17, 15) is 13.2 Å². The van der Waals surface area contributed by atoms with Crippen LogP contribution >= 0.6 is 35.3 Å². The van der Waals surface area contributed by atoms with Gasteiger partial charge in [0.2, 0.25) is 0 Å². The average molecular weight is 556 g/mol. The number of halogens is 4. The summed E-state index contributed by atoms with van der Waals surface area (Å²) >= 11 is 1.69. The summed E-state index contributed by atoms with van der Waals surface area (Å²) in [5, 5.41) is 9.71. The van der Waals surface area contributed by atoms with E-state index in [0.29, 0.717) is 24.0 Å². The highest BCUT2D eigenvalue weighted by Crippen LogP contribution is 2.19. The van der Waals surface area contributed by atoms with Gasteiger partial charge in [-0.2, -0.15) is 13.2 Å². The minimum absolute atomic E-state index is 0. The van der Waals surface area contributed by atoms with E-state index >= 15 is 0 Å². The molecule has 0 atom stereocenters. The van der Waals surface area contributed by atoms with E-state index in [1.807, 2.05) is 12.1 Å². The fraction of sp³-hybridized carbons (Fsp3) is 0.500. The maximum Gasteiger partial charge on any atom is 0.411 e. The molecular weight excluding hydrogens is 528 g/mol. The van der Waals surface area contributed by atoms with Crippen molar-refractivity contribution in [1.82, 2.24) is 15.6 Å². The maximum absolute atomic E-state index is 12.1. The zero-order valence-corrected chi connectivity index (χ0v) is 20.4. The Hall–Kier alpha value is -1.40. The molecule has 1 aromatic carbocycles. The minimum atomic E-state index is -4.30. The number of hydrogen-bond donors (Lipinski definition) is 2. The van der Waals surface area contributed by atoms with Gasteiger partial charge in [-0.05, 0) is 11.1 Å². The minimum Gasteiger partial charge on any atom is -0.367 e. The average Bonchev–Trinajstić information content (AvgIpc) is 3.14. The van der Waals surface area contributed by atoms with Crippen molar-refractivity contribution in [1.29, 1.82) is 0 Å². The van der Waals surface area contributed by atoms with E-state index in [2.05, 4.69) is 44.6 Å². The van der Waals surface area contributed by atoms with E-state index in [-0.39, 0.29) is 30.6 Å². The highest BCUT2D eigenvalue weighted by atomic mass is 127. The number of alkyl halides is 3. The van der Waals surface area contributed by atoms with E-state index in [4.69, 9.17) is 0 Å². The highest BCUT2D eigenvalue weighted by molar-refractivity contribution is 14.0. The zero-order chi connectivity index (χ0) is 21.3. The summed E-state index contributed by atoms with van der Waals surface area (Å²) in [6.45, 7) is 4.24. The number of benzene rings is 1. The van der Waals surface area contributed by atoms with Gasteiger partial charge in [-0.25, -0.2) is 4.98 Å². The van der Waals surface area contributed by atoms with Crippen molar-refractivity contribution >= 4 is 41.3 Å². The number of guanidine groups is 1. The fourth-order valence-corrected chi connectivity index (χ4v) is 3.33. The lowest BCUT2D eigenvalue weighted by Gasteiger charge is -2.12. The van der Waals surface area contributed by atoms with Gasteiger partial charge in [0.25, 0.3) is 0 Å². The molecule has 0 bridgehead atoms. The van der Waals surface area contributed by atoms with Crippen molar-refractivity contribution in [3.05, 3.63) is 51.5 Å². The molecule has 1 aromatic heterocycles. The van der Waals surface area contributed by atoms with Crippen LogP contribution in [0.25, 0.3) is 0 Å². The van der Waals surface area contributed by atoms with Crippen molar-refractivity contribution in [2.75, 3.05) is 20.2 Å². The number of aliphatic imine (C=N–C) groups is 1. The standard InChI is InChI=1S/C20H27F3N4OS.HI/c1-14(2)18-27-17(12-29-18)8-9-25-19(24-3)26-10-15-4-6-16(7-5-15)11-28-13-20(21,22)23;/h4-7,12,14H,8-11,13H2,1-3H3,(H2,24,25,26);1H. The first kappa shape index (κ1) is 26.6. The molecule has 2 N–H and O–H groups in total. The molecule has 0 aliphatic rings. The number of ether oxygens (including phenoxy) is 1. The summed E-state index contributed by atoms with van der Waals surface area (Å²) in [7, 11) is 1.70. The molecule has 0 aliphatic heterocycles. The van der Waals surface area contributed by atoms with Gasteiger partial charge >= 0.3 is 6.18 Å². The van der Waals surface area contributed by atoms with Crippen LogP contribution < -0.4 is 10.6 Å². The number of hydrogen-bond acceptors (Lipinski definition) is 4. The second-order valence-corrected chi connectivity index (χ2v) is 7.75. The smallest absolute Gasteiger partial charge is 0.367 e. The molecular formula is C20H28F3IN4OS. The second-order valence-electron chi connectivity index (χ2n) is 6.86. The molecule has 0 saturated heterocycles. The van der Waals surface area contributed by atoms with Crippen LogP contribution in [0, 0.1) is 0 Å². The van der Waals surface area contributed by atoms with Crippen LogP contribution in [0.4, 0.5) is 13.2 Å². The lowest BCUT2D eigenvalue weighted by Crippen LogP contribution is -2.37. The number of rotatable bonds is 9. The number of aromatic nitrogens is 1. The van der Waals surface area contributed by atoms with Crippen molar-refractivity contribution in [3.63, 3.8) is 0 Å². The van der Waals surface area contributed by atoms with Crippen LogP contribution in [-0.2, 0) is 24.3 Å². The lowest BCUT2D eigenvalue weighted by atomic mass is 10.1. The van der Waals surface area contributed by atoms with Crippen LogP contribution in [0.2, 0.25) is 0 Å². The van der Waals surface area contributed by atoms with Crippen molar-refractivity contribution in [2.24, 2.45) is 4.99 Å². The molecule has 2 aromatic rings. The van der Waals surface area contributed by atoms with E-state index in [1.165, 1.54) is 0 Å². The second kappa shape index (κ2) is 13.1. The molecule has 0 fully saturated rings. The Balaban J connectivity index is 0.00000450. The molecule has 5 nitrogen and oxygen atoms in total. The topological polar surface area (TPSA) is 58.5 Å². The summed E-state index contributed by atoms with van der Waals surface area (Å²) in [4.78, 5) is 8.81. The maximum atomic E-state index is 12.1. The monoisotopic (exact) mass is 556 g/mol. The molecule has 2 rings (SSSR count). The molecule has 1 heterocycles. The normalized spacial score (nSPS) is 12.0. The van der Waals surface area contributed by atoms with Crippen LogP contribution in [0.3, 0.4) is 0 Å². The predicted molar refractivity (Wildman–Crippen MR) is 126 cm³/mol. The van der Waals surface area contributed by atoms with Crippen molar-refractivity contribution in [3.8, 4) is 0 Å². The first-order valence-electron chi connectivity index (χ1n) is 9.38. The van der Waals surface area contributed by atoms with Gasteiger partial charge in [-0.3, -0.25) is 4.99 Å². The van der Waals surface area contributed by atoms with Crippen molar-refractivity contribution < 1.29 is 17.9 Å². The largest absolute Gasteiger partial charge is 0.411 e. The zero-order valence-electron chi connectivity index (χ0n) is 17.3. The third kappa shape index (κ3) is 10.1. The Bertz CT molecular complexity index is 779. The SMILES string of the molecule is CN=C(NCCc1csc(C(C)C)n1)NCc1ccc(COCC(F)(F)F)cc1.I. The van der Waals surface area contributed by atoms with Crippen LogP contribution in [-0.4, -0.2) is 37.3 Å². The molecule has 0 spiro atoms. The van der Waals surface area contributed by atoms with Crippen LogP contribution in [0.5, 0.6) is 0 Å². The van der Waals surface area contributed by atoms with Crippen LogP contribution in [0.15, 0.2) is 34.6 Å². The van der Waals surface area contributed by atoms with E-state index < -0.39 is 12.8 Å². The fourth-order valence-electron chi connectivity index (χ4n) is 2.46. The number of nitrogens with zero attached hydrogens (tertiary/aromatic N) is 2. The molecule has 0 amide bonds. The van der Waals surface area contributed by atoms with Gasteiger partial charge in [-0.15, -0.1) is 35.3 Å². The number of nitrogens with one attached hydrogen (secondary N) is 2. The Morgan fingerprint density at radius 3 is 2.40 bits per heavy atom. The van der Waals surface area contributed by atoms with Gasteiger partial charge < -0.3 is 15.4 Å². The number of thiazole rings is 1. The Kier molecular flexibility index (Phi) is 11.6. The third-order valence-electron chi connectivity index (χ3n) is 3.98. The first-order valence-corrected chi connectivity index (χ1v) is 10.3. The predicted octanol–water partition coefficient (Wildman–Crippen LogP) is 4.87. The van der Waals surface area contributed by atoms with Gasteiger partial charge in [0.1, 0.15) is 6.61 Å². The lowest BCUT2D eigenvalue weighted by molar-refractivity contribution is -0.176. The summed E-state index contributed by atoms with van der Waals surface area (Å²) in [6.07, 6.45) is -3.49. The van der Waals surface area contributed by atoms with E-state index in [0.717, 1.165) is 29.2 Å². The Morgan fingerprint density at radius 2 is 1.83 bits per heavy atom. The summed E-state index contributed by atoms with van der Waals surface area (Å²) < 4.78 is 41.0. The molecule has 0 saturated carbocycles. The highest BCUT2D eigenvalue weighted by Gasteiger charge is 2.27. The van der Waals surface area contributed by atoms with Gasteiger partial charge in [0, 0.05) is 37.9 Å². The molecule has 30 heavy (non-hydrogen) atoms. The molecule has 0 unspecified atom stereocenters. The summed E-state index contributed by atoms with van der Waals surface area (Å²) in [6, 6.07) is 7.24. The van der Waals surface area contributed by atoms with Gasteiger partial charge in [0.15, 0.2) is 5.96 Å². The molecule has 10 heteroatoms. The summed E-state index contributed by atoms with van der Waals surface area (Å²) in [5.74, 6) is 1.13. The van der Waals surface area contributed by atoms with E-state index in [1.54, 1.807) is 30.5 Å². The Labute approximate surface area is 196 Å². The molecule has 168 valence electrons.